The number of halogens is 1. The number of rotatable bonds is 4. The SMILES string of the molecule is O=C(c1ccc2c(c1)[nH]c(=O)n2-c1ccc(F)cc1)N1CC(C2CCN(C(=O)c3nccs3)CC2)C1. The van der Waals surface area contributed by atoms with E-state index in [0.29, 0.717) is 52.2 Å². The van der Waals surface area contributed by atoms with E-state index < -0.39 is 0 Å². The van der Waals surface area contributed by atoms with Gasteiger partial charge in [-0.3, -0.25) is 14.2 Å². The number of fused-ring (bicyclic) bond motifs is 1. The quantitative estimate of drug-likeness (QED) is 0.459. The molecule has 0 unspecified atom stereocenters. The van der Waals surface area contributed by atoms with Gasteiger partial charge in [-0.25, -0.2) is 14.2 Å². The predicted molar refractivity (Wildman–Crippen MR) is 134 cm³/mol. The number of benzene rings is 2. The van der Waals surface area contributed by atoms with Crippen LogP contribution in [0.3, 0.4) is 0 Å². The van der Waals surface area contributed by atoms with Gasteiger partial charge < -0.3 is 14.8 Å². The van der Waals surface area contributed by atoms with Crippen LogP contribution in [0, 0.1) is 17.7 Å². The number of hydrogen-bond acceptors (Lipinski definition) is 5. The fraction of sp³-hybridized carbons (Fsp3) is 0.308. The Bertz CT molecular complexity index is 1480. The van der Waals surface area contributed by atoms with E-state index >= 15 is 0 Å². The molecule has 2 fully saturated rings. The van der Waals surface area contributed by atoms with Gasteiger partial charge in [0.2, 0.25) is 0 Å². The standard InChI is InChI=1S/C26H24FN5O3S/c27-19-2-4-20(5-3-19)32-22-6-1-17(13-21(22)29-26(32)35)24(33)31-14-18(15-31)16-7-10-30(11-8-16)25(34)23-28-9-12-36-23/h1-6,9,12-13,16,18H,7-8,10-11,14-15H2,(H,29,35). The van der Waals surface area contributed by atoms with Crippen LogP contribution in [0.25, 0.3) is 16.7 Å². The normalized spacial score (nSPS) is 16.9. The van der Waals surface area contributed by atoms with Crippen LogP contribution in [0.2, 0.25) is 0 Å². The van der Waals surface area contributed by atoms with Gasteiger partial charge in [0.1, 0.15) is 5.82 Å². The van der Waals surface area contributed by atoms with Crippen LogP contribution in [-0.4, -0.2) is 62.3 Å². The van der Waals surface area contributed by atoms with Crippen molar-refractivity contribution in [3.05, 3.63) is 80.9 Å². The van der Waals surface area contributed by atoms with Gasteiger partial charge in [-0.15, -0.1) is 11.3 Å². The van der Waals surface area contributed by atoms with Crippen LogP contribution in [0.1, 0.15) is 33.0 Å². The zero-order chi connectivity index (χ0) is 24.8. The highest BCUT2D eigenvalue weighted by Crippen LogP contribution is 2.33. The molecule has 0 spiro atoms. The van der Waals surface area contributed by atoms with Crippen LogP contribution in [0.5, 0.6) is 0 Å². The molecule has 2 aliphatic heterocycles. The third kappa shape index (κ3) is 4.01. The number of nitrogens with one attached hydrogen (secondary N) is 1. The third-order valence-corrected chi connectivity index (χ3v) is 8.08. The summed E-state index contributed by atoms with van der Waals surface area (Å²) in [5, 5.41) is 2.36. The van der Waals surface area contributed by atoms with Crippen molar-refractivity contribution in [2.75, 3.05) is 26.2 Å². The minimum Gasteiger partial charge on any atom is -0.338 e. The Balaban J connectivity index is 1.09. The summed E-state index contributed by atoms with van der Waals surface area (Å²) in [6.45, 7) is 2.86. The zero-order valence-corrected chi connectivity index (χ0v) is 20.2. The fourth-order valence-electron chi connectivity index (χ4n) is 5.29. The smallest absolute Gasteiger partial charge is 0.331 e. The lowest BCUT2D eigenvalue weighted by atomic mass is 9.79. The lowest BCUT2D eigenvalue weighted by Gasteiger charge is -2.46. The molecule has 0 atom stereocenters. The Kier molecular flexibility index (Phi) is 5.67. The molecule has 0 saturated carbocycles. The van der Waals surface area contributed by atoms with Gasteiger partial charge in [-0.05, 0) is 67.1 Å². The molecule has 8 nitrogen and oxygen atoms in total. The third-order valence-electron chi connectivity index (χ3n) is 7.32. The van der Waals surface area contributed by atoms with Crippen molar-refractivity contribution < 1.29 is 14.0 Å². The molecule has 2 aromatic heterocycles. The molecule has 2 aromatic carbocycles. The summed E-state index contributed by atoms with van der Waals surface area (Å²) >= 11 is 1.37. The number of piperidine rings is 1. The summed E-state index contributed by atoms with van der Waals surface area (Å²) in [6.07, 6.45) is 3.53. The number of aromatic amines is 1. The van der Waals surface area contributed by atoms with Crippen molar-refractivity contribution in [3.63, 3.8) is 0 Å². The molecule has 0 radical (unpaired) electrons. The van der Waals surface area contributed by atoms with Crippen molar-refractivity contribution in [1.82, 2.24) is 24.3 Å². The number of hydrogen-bond donors (Lipinski definition) is 1. The van der Waals surface area contributed by atoms with E-state index in [1.165, 1.54) is 28.0 Å². The molecule has 0 bridgehead atoms. The van der Waals surface area contributed by atoms with E-state index in [-0.39, 0.29) is 23.3 Å². The average molecular weight is 506 g/mol. The molecule has 184 valence electrons. The molecule has 1 N–H and O–H groups in total. The van der Waals surface area contributed by atoms with Crippen molar-refractivity contribution in [2.45, 2.75) is 12.8 Å². The largest absolute Gasteiger partial charge is 0.338 e. The molecule has 10 heteroatoms. The van der Waals surface area contributed by atoms with Gasteiger partial charge in [-0.1, -0.05) is 0 Å². The Labute approximate surface area is 210 Å². The van der Waals surface area contributed by atoms with E-state index in [1.54, 1.807) is 36.5 Å². The van der Waals surface area contributed by atoms with Crippen molar-refractivity contribution in [1.29, 1.82) is 0 Å². The van der Waals surface area contributed by atoms with Crippen LogP contribution in [0.4, 0.5) is 4.39 Å². The first-order chi connectivity index (χ1) is 17.5. The number of likely N-dealkylation sites (tertiary alicyclic amines) is 2. The van der Waals surface area contributed by atoms with E-state index in [9.17, 15) is 18.8 Å². The number of carbonyl (C=O) groups excluding carboxylic acids is 2. The number of thiazole rings is 1. The summed E-state index contributed by atoms with van der Waals surface area (Å²) in [4.78, 5) is 48.8. The lowest BCUT2D eigenvalue weighted by Crippen LogP contribution is -2.54. The molecule has 36 heavy (non-hydrogen) atoms. The molecular weight excluding hydrogens is 481 g/mol. The number of aromatic nitrogens is 3. The van der Waals surface area contributed by atoms with Gasteiger partial charge in [0.05, 0.1) is 16.7 Å². The molecule has 2 saturated heterocycles. The monoisotopic (exact) mass is 505 g/mol. The summed E-state index contributed by atoms with van der Waals surface area (Å²) in [6, 6.07) is 10.9. The Morgan fingerprint density at radius 1 is 0.972 bits per heavy atom. The van der Waals surface area contributed by atoms with E-state index in [2.05, 4.69) is 9.97 Å². The molecule has 0 aliphatic carbocycles. The second-order valence-electron chi connectivity index (χ2n) is 9.41. The number of H-pyrrole nitrogens is 1. The lowest BCUT2D eigenvalue weighted by molar-refractivity contribution is 0.0228. The summed E-state index contributed by atoms with van der Waals surface area (Å²) < 4.78 is 14.8. The van der Waals surface area contributed by atoms with Gasteiger partial charge in [-0.2, -0.15) is 0 Å². The Hall–Kier alpha value is -3.79. The highest BCUT2D eigenvalue weighted by Gasteiger charge is 2.38. The Morgan fingerprint density at radius 3 is 2.42 bits per heavy atom. The van der Waals surface area contributed by atoms with E-state index in [0.717, 1.165) is 25.9 Å². The minimum absolute atomic E-state index is 0.00978. The highest BCUT2D eigenvalue weighted by atomic mass is 32.1. The Morgan fingerprint density at radius 2 is 1.72 bits per heavy atom. The average Bonchev–Trinajstić information content (AvgIpc) is 3.51. The molecule has 4 aromatic rings. The number of nitrogens with zero attached hydrogens (tertiary/aromatic N) is 4. The maximum absolute atomic E-state index is 13.3. The van der Waals surface area contributed by atoms with Crippen molar-refractivity contribution in [3.8, 4) is 5.69 Å². The van der Waals surface area contributed by atoms with Crippen LogP contribution >= 0.6 is 11.3 Å². The van der Waals surface area contributed by atoms with Crippen LogP contribution in [0.15, 0.2) is 58.8 Å². The minimum atomic E-state index is -0.373. The first-order valence-electron chi connectivity index (χ1n) is 12.0. The second-order valence-corrected chi connectivity index (χ2v) is 10.3. The molecular formula is C26H24FN5O3S. The summed E-state index contributed by atoms with van der Waals surface area (Å²) in [5.41, 5.74) is 1.92. The van der Waals surface area contributed by atoms with E-state index in [1.807, 2.05) is 15.2 Å². The molecule has 4 heterocycles. The first kappa shape index (κ1) is 22.7. The van der Waals surface area contributed by atoms with Crippen LogP contribution < -0.4 is 5.69 Å². The second kappa shape index (κ2) is 9.02. The van der Waals surface area contributed by atoms with Gasteiger partial charge in [0.15, 0.2) is 5.01 Å². The molecule has 6 rings (SSSR count). The summed E-state index contributed by atoms with van der Waals surface area (Å²) in [5.74, 6) is 0.518. The zero-order valence-electron chi connectivity index (χ0n) is 19.4. The fourth-order valence-corrected chi connectivity index (χ4v) is 5.89. The van der Waals surface area contributed by atoms with Gasteiger partial charge >= 0.3 is 5.69 Å². The van der Waals surface area contributed by atoms with E-state index in [4.69, 9.17) is 0 Å². The highest BCUT2D eigenvalue weighted by molar-refractivity contribution is 7.11. The van der Waals surface area contributed by atoms with Gasteiger partial charge in [0.25, 0.3) is 11.8 Å². The summed E-state index contributed by atoms with van der Waals surface area (Å²) in [7, 11) is 0. The molecule has 2 amide bonds. The topological polar surface area (TPSA) is 91.3 Å². The predicted octanol–water partition coefficient (Wildman–Crippen LogP) is 3.54. The van der Waals surface area contributed by atoms with Gasteiger partial charge in [0, 0.05) is 43.3 Å². The maximum Gasteiger partial charge on any atom is 0.331 e. The molecule has 2 aliphatic rings. The van der Waals surface area contributed by atoms with Crippen LogP contribution in [-0.2, 0) is 0 Å². The number of imidazole rings is 1. The maximum atomic E-state index is 13.3. The number of amides is 2. The number of carbonyl (C=O) groups is 2. The van der Waals surface area contributed by atoms with Crippen molar-refractivity contribution >= 4 is 34.2 Å². The first-order valence-corrected chi connectivity index (χ1v) is 12.8. The van der Waals surface area contributed by atoms with Crippen molar-refractivity contribution in [2.24, 2.45) is 11.8 Å².